The van der Waals surface area contributed by atoms with Crippen LogP contribution in [-0.2, 0) is 23.1 Å². The first kappa shape index (κ1) is 57.9. The van der Waals surface area contributed by atoms with Crippen LogP contribution in [0.5, 0.6) is 5.75 Å². The summed E-state index contributed by atoms with van der Waals surface area (Å²) in [6.45, 7) is 36.0. The Balaban J connectivity index is 1.62. The van der Waals surface area contributed by atoms with E-state index in [4.69, 9.17) is 33.3 Å². The number of esters is 1. The summed E-state index contributed by atoms with van der Waals surface area (Å²) in [6, 6.07) is 36.4. The molecule has 5 rings (SSSR count). The standard InChI is InChI=1S/C57H83N3O7SSi3/c1-41(43(3)66-71(56(7,8)9,45-28-22-18-23-29-45)46-30-24-19-25-31-46)32-35-48(67-70(15,16)55(4,5)6)53-49(64-57(10,11)65-53)40-50(68-44-26-20-17-21-27-44)52-47(62-37-36-59-60-58)34-33-42(2)51(52)54(61)63-38-39-69(12,13)14/h17-35,41,43,48-50,53H,36-40H2,1-16H3/b35-32-/t41-,43+,48?,49-,50?,53-/m1/s1. The molecule has 0 N–H and O–H groups in total. The van der Waals surface area contributed by atoms with Gasteiger partial charge in [0.05, 0.1) is 37.5 Å². The van der Waals surface area contributed by atoms with Gasteiger partial charge in [0.2, 0.25) is 0 Å². The van der Waals surface area contributed by atoms with Crippen LogP contribution in [0.1, 0.15) is 102 Å². The molecular weight excluding hydrogens is 955 g/mol. The fourth-order valence-corrected chi connectivity index (χ4v) is 16.9. The van der Waals surface area contributed by atoms with Gasteiger partial charge in [-0.1, -0.05) is 170 Å². The van der Waals surface area contributed by atoms with Crippen LogP contribution in [0.15, 0.2) is 125 Å². The van der Waals surface area contributed by atoms with Crippen LogP contribution < -0.4 is 15.1 Å². The van der Waals surface area contributed by atoms with Gasteiger partial charge in [-0.05, 0) is 109 Å². The number of hydrogen-bond donors (Lipinski definition) is 0. The highest BCUT2D eigenvalue weighted by Crippen LogP contribution is 2.49. The topological polar surface area (TPSA) is 121 Å². The van der Waals surface area contributed by atoms with Crippen molar-refractivity contribution >= 4 is 52.8 Å². The second-order valence-electron chi connectivity index (χ2n) is 23.3. The summed E-state index contributed by atoms with van der Waals surface area (Å²) in [7, 11) is -6.81. The average Bonchev–Trinajstić information content (AvgIpc) is 3.60. The summed E-state index contributed by atoms with van der Waals surface area (Å²) in [5.74, 6) is -0.822. The van der Waals surface area contributed by atoms with E-state index in [-0.39, 0.29) is 46.5 Å². The Morgan fingerprint density at radius 3 is 1.92 bits per heavy atom. The molecule has 1 heterocycles. The van der Waals surface area contributed by atoms with Crippen molar-refractivity contribution < 1.29 is 32.6 Å². The molecular formula is C57H83N3O7SSi3. The lowest BCUT2D eigenvalue weighted by atomic mass is 9.93. The molecule has 0 aromatic heterocycles. The normalized spacial score (nSPS) is 18.4. The van der Waals surface area contributed by atoms with E-state index in [0.717, 1.165) is 16.5 Å². The first-order valence-corrected chi connectivity index (χ1v) is 34.8. The molecule has 0 amide bonds. The molecule has 0 bridgehead atoms. The Morgan fingerprint density at radius 2 is 1.38 bits per heavy atom. The maximum Gasteiger partial charge on any atom is 0.338 e. The molecule has 4 aromatic rings. The van der Waals surface area contributed by atoms with Gasteiger partial charge in [0, 0.05) is 34.8 Å². The van der Waals surface area contributed by atoms with Crippen molar-refractivity contribution in [2.45, 2.75) is 172 Å². The van der Waals surface area contributed by atoms with E-state index < -0.39 is 48.8 Å². The summed E-state index contributed by atoms with van der Waals surface area (Å²) in [5.41, 5.74) is 11.1. The minimum Gasteiger partial charge on any atom is -0.493 e. The third-order valence-corrected chi connectivity index (χ3v) is 26.5. The zero-order chi connectivity index (χ0) is 52.4. The number of azide groups is 1. The van der Waals surface area contributed by atoms with Gasteiger partial charge in [-0.15, -0.1) is 11.8 Å². The third-order valence-electron chi connectivity index (χ3n) is 13.9. The molecule has 0 spiro atoms. The molecule has 0 aliphatic carbocycles. The summed E-state index contributed by atoms with van der Waals surface area (Å²) >= 11 is 1.65. The number of benzene rings is 4. The van der Waals surface area contributed by atoms with E-state index in [2.05, 4.69) is 183 Å². The Bertz CT molecular complexity index is 2370. The second-order valence-corrected chi connectivity index (χ2v) is 39.2. The van der Waals surface area contributed by atoms with Crippen LogP contribution in [0, 0.1) is 12.8 Å². The number of thioether (sulfide) groups is 1. The summed E-state index contributed by atoms with van der Waals surface area (Å²) < 4.78 is 41.7. The summed E-state index contributed by atoms with van der Waals surface area (Å²) in [5, 5.41) is 5.56. The van der Waals surface area contributed by atoms with Crippen molar-refractivity contribution in [3.05, 3.63) is 142 Å². The highest BCUT2D eigenvalue weighted by molar-refractivity contribution is 7.99. The lowest BCUT2D eigenvalue weighted by Gasteiger charge is -2.45. The molecule has 4 aromatic carbocycles. The lowest BCUT2D eigenvalue weighted by Crippen LogP contribution is -2.67. The first-order chi connectivity index (χ1) is 33.2. The van der Waals surface area contributed by atoms with E-state index >= 15 is 0 Å². The zero-order valence-electron chi connectivity index (χ0n) is 45.6. The van der Waals surface area contributed by atoms with Crippen molar-refractivity contribution in [2.24, 2.45) is 11.0 Å². The number of carbonyl (C=O) groups is 1. The SMILES string of the molecule is Cc1ccc(OCCN=[N+]=[N-])c(C(C[C@H]2OC(C)(C)O[C@@H]2C(/C=C\[C@@H](C)[C@H](C)O[Si](c2ccccc2)(c2ccccc2)C(C)(C)C)O[Si](C)(C)C(C)(C)C)Sc2ccccc2)c1C(=O)OCC[Si](C)(C)C. The quantitative estimate of drug-likeness (QED) is 0.0105. The molecule has 386 valence electrons. The molecule has 10 nitrogen and oxygen atoms in total. The zero-order valence-corrected chi connectivity index (χ0v) is 49.4. The molecule has 1 aliphatic rings. The molecule has 14 heteroatoms. The van der Waals surface area contributed by atoms with Gasteiger partial charge in [-0.25, -0.2) is 4.79 Å². The maximum atomic E-state index is 14.5. The van der Waals surface area contributed by atoms with Crippen LogP contribution in [-0.4, -0.2) is 80.6 Å². The fourth-order valence-electron chi connectivity index (χ4n) is 8.86. The molecule has 0 saturated carbocycles. The highest BCUT2D eigenvalue weighted by atomic mass is 32.2. The Kier molecular flexibility index (Phi) is 19.9. The predicted octanol–water partition coefficient (Wildman–Crippen LogP) is 14.5. The highest BCUT2D eigenvalue weighted by Gasteiger charge is 2.52. The maximum absolute atomic E-state index is 14.5. The number of ether oxygens (including phenoxy) is 4. The summed E-state index contributed by atoms with van der Waals surface area (Å²) in [4.78, 5) is 18.5. The van der Waals surface area contributed by atoms with E-state index in [1.165, 1.54) is 10.4 Å². The van der Waals surface area contributed by atoms with E-state index in [1.54, 1.807) is 11.8 Å². The average molecular weight is 1040 g/mol. The fraction of sp³-hybridized carbons (Fsp3) is 0.526. The van der Waals surface area contributed by atoms with Crippen LogP contribution in [0.3, 0.4) is 0 Å². The van der Waals surface area contributed by atoms with Crippen LogP contribution in [0.25, 0.3) is 10.4 Å². The largest absolute Gasteiger partial charge is 0.493 e. The Morgan fingerprint density at radius 1 is 0.803 bits per heavy atom. The van der Waals surface area contributed by atoms with Gasteiger partial charge in [0.25, 0.3) is 8.32 Å². The second kappa shape index (κ2) is 24.4. The molecule has 2 unspecified atom stereocenters. The molecule has 71 heavy (non-hydrogen) atoms. The minimum atomic E-state index is -2.85. The van der Waals surface area contributed by atoms with Crippen LogP contribution in [0.4, 0.5) is 0 Å². The predicted molar refractivity (Wildman–Crippen MR) is 301 cm³/mol. The van der Waals surface area contributed by atoms with E-state index in [9.17, 15) is 4.79 Å². The molecule has 1 saturated heterocycles. The van der Waals surface area contributed by atoms with Gasteiger partial charge in [-0.3, -0.25) is 0 Å². The number of aryl methyl sites for hydroxylation is 1. The minimum absolute atomic E-state index is 0.00998. The van der Waals surface area contributed by atoms with Gasteiger partial charge in [0.1, 0.15) is 11.9 Å². The van der Waals surface area contributed by atoms with Crippen LogP contribution in [0.2, 0.25) is 48.9 Å². The van der Waals surface area contributed by atoms with Crippen molar-refractivity contribution in [1.82, 2.24) is 0 Å². The number of nitrogens with zero attached hydrogens (tertiary/aromatic N) is 3. The smallest absolute Gasteiger partial charge is 0.338 e. The summed E-state index contributed by atoms with van der Waals surface area (Å²) in [6.07, 6.45) is 3.24. The van der Waals surface area contributed by atoms with E-state index in [0.29, 0.717) is 29.9 Å². The molecule has 6 atom stereocenters. The third kappa shape index (κ3) is 15.3. The van der Waals surface area contributed by atoms with Gasteiger partial charge in [-0.2, -0.15) is 0 Å². The van der Waals surface area contributed by atoms with Gasteiger partial charge < -0.3 is 27.8 Å². The van der Waals surface area contributed by atoms with Gasteiger partial charge >= 0.3 is 5.97 Å². The Labute approximate surface area is 433 Å². The number of rotatable bonds is 23. The van der Waals surface area contributed by atoms with Crippen molar-refractivity contribution in [2.75, 3.05) is 19.8 Å². The van der Waals surface area contributed by atoms with Gasteiger partial charge in [0.15, 0.2) is 14.1 Å². The number of carbonyl (C=O) groups excluding carboxylic acids is 1. The first-order valence-electron chi connectivity index (χ1n) is 25.4. The monoisotopic (exact) mass is 1040 g/mol. The van der Waals surface area contributed by atoms with E-state index in [1.807, 2.05) is 51.1 Å². The van der Waals surface area contributed by atoms with Crippen molar-refractivity contribution in [3.8, 4) is 5.75 Å². The number of hydrogen-bond acceptors (Lipinski definition) is 9. The lowest BCUT2D eigenvalue weighted by molar-refractivity contribution is -0.152. The molecule has 1 aliphatic heterocycles. The molecule has 0 radical (unpaired) electrons. The van der Waals surface area contributed by atoms with Crippen molar-refractivity contribution in [3.63, 3.8) is 0 Å². The Hall–Kier alpha value is -3.96. The molecule has 1 fully saturated rings. The van der Waals surface area contributed by atoms with Crippen molar-refractivity contribution in [1.29, 1.82) is 0 Å². The van der Waals surface area contributed by atoms with Crippen LogP contribution >= 0.6 is 11.8 Å².